The van der Waals surface area contributed by atoms with E-state index in [1.54, 1.807) is 22.4 Å². The van der Waals surface area contributed by atoms with E-state index in [0.717, 1.165) is 22.5 Å². The molecule has 4 aromatic heterocycles. The largest absolute Gasteiger partial charge is 0.364 e. The zero-order valence-corrected chi connectivity index (χ0v) is 19.4. The Morgan fingerprint density at radius 3 is 2.74 bits per heavy atom. The minimum absolute atomic E-state index is 0.190. The number of rotatable bonds is 6. The molecule has 0 unspecified atom stereocenters. The highest BCUT2D eigenvalue weighted by molar-refractivity contribution is 6.30. The van der Waals surface area contributed by atoms with E-state index >= 15 is 0 Å². The van der Waals surface area contributed by atoms with E-state index in [0.29, 0.717) is 34.3 Å². The van der Waals surface area contributed by atoms with E-state index in [9.17, 15) is 4.79 Å². The number of nitrogens with one attached hydrogen (secondary N) is 2. The molecule has 0 saturated heterocycles. The molecule has 0 spiro atoms. The molecule has 0 atom stereocenters. The van der Waals surface area contributed by atoms with Crippen molar-refractivity contribution in [3.63, 3.8) is 0 Å². The van der Waals surface area contributed by atoms with Gasteiger partial charge in [0.25, 0.3) is 5.91 Å². The summed E-state index contributed by atoms with van der Waals surface area (Å²) in [5.41, 5.74) is 4.86. The summed E-state index contributed by atoms with van der Waals surface area (Å²) in [5.74, 6) is 1.20. The summed E-state index contributed by atoms with van der Waals surface area (Å²) in [7, 11) is 1.60. The van der Waals surface area contributed by atoms with Gasteiger partial charge in [-0.25, -0.2) is 14.2 Å². The number of fused-ring (bicyclic) bond motifs is 1. The van der Waals surface area contributed by atoms with Gasteiger partial charge in [-0.15, -0.1) is 5.10 Å². The van der Waals surface area contributed by atoms with Gasteiger partial charge in [0.1, 0.15) is 5.82 Å². The van der Waals surface area contributed by atoms with Gasteiger partial charge in [-0.3, -0.25) is 4.79 Å². The quantitative estimate of drug-likeness (QED) is 0.380. The van der Waals surface area contributed by atoms with E-state index in [1.807, 2.05) is 73.8 Å². The Balaban J connectivity index is 1.58. The molecule has 9 heteroatoms. The minimum Gasteiger partial charge on any atom is -0.364 e. The van der Waals surface area contributed by atoms with Crippen LogP contribution in [0.2, 0.25) is 5.02 Å². The Labute approximate surface area is 201 Å². The summed E-state index contributed by atoms with van der Waals surface area (Å²) in [6.07, 6.45) is 3.40. The first kappa shape index (κ1) is 21.7. The molecule has 0 saturated carbocycles. The van der Waals surface area contributed by atoms with E-state index < -0.39 is 0 Å². The van der Waals surface area contributed by atoms with Crippen molar-refractivity contribution in [3.05, 3.63) is 94.9 Å². The fourth-order valence-electron chi connectivity index (χ4n) is 3.78. The van der Waals surface area contributed by atoms with Crippen LogP contribution < -0.4 is 10.6 Å². The molecule has 5 aromatic rings. The molecule has 170 valence electrons. The van der Waals surface area contributed by atoms with Crippen LogP contribution in [0.5, 0.6) is 0 Å². The highest BCUT2D eigenvalue weighted by atomic mass is 35.5. The second-order valence-corrected chi connectivity index (χ2v) is 8.27. The topological polar surface area (TPSA) is 89.1 Å². The summed E-state index contributed by atoms with van der Waals surface area (Å²) in [6.45, 7) is 2.51. The predicted molar refractivity (Wildman–Crippen MR) is 132 cm³/mol. The van der Waals surface area contributed by atoms with Gasteiger partial charge in [-0.1, -0.05) is 29.8 Å². The van der Waals surface area contributed by atoms with E-state index in [4.69, 9.17) is 16.7 Å². The zero-order chi connectivity index (χ0) is 23.7. The van der Waals surface area contributed by atoms with E-state index in [2.05, 4.69) is 20.7 Å². The molecule has 34 heavy (non-hydrogen) atoms. The van der Waals surface area contributed by atoms with Crippen LogP contribution in [-0.4, -0.2) is 37.3 Å². The lowest BCUT2D eigenvalue weighted by Crippen LogP contribution is -2.17. The number of aromatic nitrogens is 5. The van der Waals surface area contributed by atoms with Gasteiger partial charge in [-0.2, -0.15) is 5.10 Å². The number of carbonyl (C=O) groups excluding carboxylic acids is 1. The molecule has 5 rings (SSSR count). The van der Waals surface area contributed by atoms with Gasteiger partial charge >= 0.3 is 0 Å². The molecule has 1 aromatic carbocycles. The number of hydrogen-bond donors (Lipinski definition) is 2. The average Bonchev–Trinajstić information content (AvgIpc) is 3.46. The molecule has 1 amide bonds. The molecule has 0 aliphatic carbocycles. The third kappa shape index (κ3) is 4.23. The van der Waals surface area contributed by atoms with Crippen molar-refractivity contribution >= 4 is 28.8 Å². The molecular weight excluding hydrogens is 450 g/mol. The van der Waals surface area contributed by atoms with Crippen LogP contribution in [-0.2, 0) is 6.54 Å². The van der Waals surface area contributed by atoms with Crippen LogP contribution in [0.3, 0.4) is 0 Å². The fraction of sp³-hybridized carbons (Fsp3) is 0.120. The standard InChI is InChI=1S/C25H22ClN7O/c1-16-5-3-8-24(30-16)33-21(13-23(31-33)28-14-17-6-4-7-19(26)11-17)18-9-10-32-22(12-18)20(15-29-32)25(34)27-2/h3-13,15H,14H2,1-2H3,(H,27,34)(H,28,31). The summed E-state index contributed by atoms with van der Waals surface area (Å²) < 4.78 is 3.48. The fourth-order valence-corrected chi connectivity index (χ4v) is 4.00. The average molecular weight is 472 g/mol. The summed E-state index contributed by atoms with van der Waals surface area (Å²) in [4.78, 5) is 17.0. The molecule has 2 N–H and O–H groups in total. The zero-order valence-electron chi connectivity index (χ0n) is 18.7. The van der Waals surface area contributed by atoms with Crippen LogP contribution in [0.15, 0.2) is 73.1 Å². The lowest BCUT2D eigenvalue weighted by atomic mass is 10.1. The van der Waals surface area contributed by atoms with Crippen molar-refractivity contribution in [2.24, 2.45) is 0 Å². The smallest absolute Gasteiger partial charge is 0.254 e. The summed E-state index contributed by atoms with van der Waals surface area (Å²) in [5, 5.41) is 15.8. The SMILES string of the molecule is CNC(=O)c1cnn2ccc(-c3cc(NCc4cccc(Cl)c4)nn3-c3cccc(C)n3)cc12. The Hall–Kier alpha value is -4.17. The molecule has 8 nitrogen and oxygen atoms in total. The Kier molecular flexibility index (Phi) is 5.73. The number of anilines is 1. The predicted octanol–water partition coefficient (Wildman–Crippen LogP) is 4.52. The maximum Gasteiger partial charge on any atom is 0.254 e. The number of carbonyl (C=O) groups is 1. The van der Waals surface area contributed by atoms with Gasteiger partial charge in [0, 0.05) is 42.1 Å². The number of amides is 1. The molecule has 0 fully saturated rings. The minimum atomic E-state index is -0.190. The Morgan fingerprint density at radius 2 is 1.94 bits per heavy atom. The monoisotopic (exact) mass is 471 g/mol. The Morgan fingerprint density at radius 1 is 1.09 bits per heavy atom. The summed E-state index contributed by atoms with van der Waals surface area (Å²) in [6, 6.07) is 19.3. The lowest BCUT2D eigenvalue weighted by Gasteiger charge is -2.08. The number of hydrogen-bond acceptors (Lipinski definition) is 5. The number of benzene rings is 1. The molecule has 0 aliphatic rings. The van der Waals surface area contributed by atoms with Crippen LogP contribution in [0.4, 0.5) is 5.82 Å². The highest BCUT2D eigenvalue weighted by Gasteiger charge is 2.16. The highest BCUT2D eigenvalue weighted by Crippen LogP contribution is 2.28. The first-order valence-corrected chi connectivity index (χ1v) is 11.1. The van der Waals surface area contributed by atoms with Gasteiger partial charge in [0.2, 0.25) is 0 Å². The lowest BCUT2D eigenvalue weighted by molar-refractivity contribution is 0.0964. The van der Waals surface area contributed by atoms with Gasteiger partial charge in [0.05, 0.1) is 23.0 Å². The van der Waals surface area contributed by atoms with Gasteiger partial charge < -0.3 is 10.6 Å². The molecule has 0 bridgehead atoms. The van der Waals surface area contributed by atoms with E-state index in [1.165, 1.54) is 0 Å². The number of aryl methyl sites for hydroxylation is 1. The second kappa shape index (κ2) is 8.99. The Bertz CT molecular complexity index is 1500. The first-order chi connectivity index (χ1) is 16.5. The van der Waals surface area contributed by atoms with Crippen LogP contribution >= 0.6 is 11.6 Å². The number of nitrogens with zero attached hydrogens (tertiary/aromatic N) is 5. The maximum absolute atomic E-state index is 12.3. The first-order valence-electron chi connectivity index (χ1n) is 10.7. The van der Waals surface area contributed by atoms with Crippen LogP contribution in [0, 0.1) is 6.92 Å². The van der Waals surface area contributed by atoms with Crippen LogP contribution in [0.25, 0.3) is 22.6 Å². The molecular formula is C25H22ClN7O. The van der Waals surface area contributed by atoms with Gasteiger partial charge in [-0.05, 0) is 48.9 Å². The van der Waals surface area contributed by atoms with E-state index in [-0.39, 0.29) is 5.91 Å². The molecule has 0 aliphatic heterocycles. The van der Waals surface area contributed by atoms with Gasteiger partial charge in [0.15, 0.2) is 5.82 Å². The number of halogens is 1. The van der Waals surface area contributed by atoms with Crippen molar-refractivity contribution in [1.29, 1.82) is 0 Å². The van der Waals surface area contributed by atoms with Crippen molar-refractivity contribution in [2.75, 3.05) is 12.4 Å². The third-order valence-corrected chi connectivity index (χ3v) is 5.69. The van der Waals surface area contributed by atoms with Crippen molar-refractivity contribution in [2.45, 2.75) is 13.5 Å². The van der Waals surface area contributed by atoms with Crippen molar-refractivity contribution in [3.8, 4) is 17.1 Å². The second-order valence-electron chi connectivity index (χ2n) is 7.83. The van der Waals surface area contributed by atoms with Crippen LogP contribution in [0.1, 0.15) is 21.6 Å². The molecule has 0 radical (unpaired) electrons. The van der Waals surface area contributed by atoms with Crippen molar-refractivity contribution < 1.29 is 4.79 Å². The summed E-state index contributed by atoms with van der Waals surface area (Å²) >= 11 is 6.12. The maximum atomic E-state index is 12.3. The van der Waals surface area contributed by atoms with Crippen molar-refractivity contribution in [1.82, 2.24) is 29.7 Å². The normalized spacial score (nSPS) is 11.0. The third-order valence-electron chi connectivity index (χ3n) is 5.45. The number of pyridine rings is 2. The molecule has 4 heterocycles.